The highest BCUT2D eigenvalue weighted by Crippen LogP contribution is 2.58. The Bertz CT molecular complexity index is 1300. The highest BCUT2D eigenvalue weighted by molar-refractivity contribution is 7.07. The lowest BCUT2D eigenvalue weighted by Gasteiger charge is -2.55. The molecule has 0 radical (unpaired) electrons. The molecule has 168 valence electrons. The van der Waals surface area contributed by atoms with Crippen LogP contribution in [0.15, 0.2) is 81.7 Å². The normalized spacial score (nSPS) is 21.6. The number of fused-ring (bicyclic) bond motifs is 1. The van der Waals surface area contributed by atoms with Crippen molar-refractivity contribution in [2.24, 2.45) is 27.3 Å². The Morgan fingerprint density at radius 1 is 1.18 bits per heavy atom. The molecule has 2 atom stereocenters. The van der Waals surface area contributed by atoms with Crippen molar-refractivity contribution >= 4 is 23.2 Å². The van der Waals surface area contributed by atoms with E-state index in [9.17, 15) is 10.1 Å². The van der Waals surface area contributed by atoms with Crippen molar-refractivity contribution in [1.82, 2.24) is 4.68 Å². The van der Waals surface area contributed by atoms with Crippen LogP contribution in [0.25, 0.3) is 11.3 Å². The monoisotopic (exact) mass is 458 g/mol. The Labute approximate surface area is 196 Å². The van der Waals surface area contributed by atoms with E-state index in [0.717, 1.165) is 34.0 Å². The SMILES string of the molecule is CC1(C)C2CC=C(C=Nn3c(-c4ccc([N+](=O)[O-])cc4)csc3=NCc3ccccc3)C1C2. The average molecular weight is 459 g/mol. The molecule has 6 nitrogen and oxygen atoms in total. The third kappa shape index (κ3) is 4.09. The van der Waals surface area contributed by atoms with E-state index >= 15 is 0 Å². The van der Waals surface area contributed by atoms with E-state index in [4.69, 9.17) is 10.1 Å². The molecule has 0 saturated heterocycles. The highest BCUT2D eigenvalue weighted by Gasteiger charge is 2.50. The summed E-state index contributed by atoms with van der Waals surface area (Å²) < 4.78 is 1.87. The molecule has 33 heavy (non-hydrogen) atoms. The summed E-state index contributed by atoms with van der Waals surface area (Å²) in [6.07, 6.45) is 6.66. The van der Waals surface area contributed by atoms with Gasteiger partial charge in [-0.15, -0.1) is 11.3 Å². The first-order valence-electron chi connectivity index (χ1n) is 11.2. The molecular weight excluding hydrogens is 432 g/mol. The molecule has 3 aromatic rings. The van der Waals surface area contributed by atoms with Crippen LogP contribution in [0.4, 0.5) is 5.69 Å². The van der Waals surface area contributed by atoms with Crippen molar-refractivity contribution in [2.45, 2.75) is 33.2 Å². The minimum atomic E-state index is -0.382. The zero-order valence-electron chi connectivity index (χ0n) is 18.7. The van der Waals surface area contributed by atoms with Crippen molar-refractivity contribution < 1.29 is 4.92 Å². The van der Waals surface area contributed by atoms with Gasteiger partial charge in [0, 0.05) is 23.1 Å². The summed E-state index contributed by atoms with van der Waals surface area (Å²) in [5.41, 5.74) is 4.58. The number of hydrogen-bond acceptors (Lipinski definition) is 5. The molecular formula is C26H26N4O2S. The van der Waals surface area contributed by atoms with Gasteiger partial charge in [-0.25, -0.2) is 4.68 Å². The molecule has 0 amide bonds. The number of benzene rings is 2. The number of nitro benzene ring substituents is 1. The molecule has 0 N–H and O–H groups in total. The van der Waals surface area contributed by atoms with Crippen molar-refractivity contribution in [2.75, 3.05) is 0 Å². The van der Waals surface area contributed by atoms with Gasteiger partial charge in [-0.05, 0) is 53.4 Å². The minimum absolute atomic E-state index is 0.0761. The fraction of sp³-hybridized carbons (Fsp3) is 0.308. The number of hydrogen-bond donors (Lipinski definition) is 0. The molecule has 1 heterocycles. The molecule has 6 rings (SSSR count). The van der Waals surface area contributed by atoms with E-state index in [2.05, 4.69) is 32.1 Å². The van der Waals surface area contributed by atoms with E-state index in [-0.39, 0.29) is 10.6 Å². The third-order valence-corrected chi connectivity index (χ3v) is 7.99. The zero-order chi connectivity index (χ0) is 23.0. The lowest BCUT2D eigenvalue weighted by molar-refractivity contribution is -0.384. The third-order valence-electron chi connectivity index (χ3n) is 7.13. The summed E-state index contributed by atoms with van der Waals surface area (Å²) in [5.74, 6) is 1.33. The van der Waals surface area contributed by atoms with Crippen LogP contribution in [0.2, 0.25) is 0 Å². The van der Waals surface area contributed by atoms with Crippen LogP contribution in [0, 0.1) is 27.4 Å². The first-order chi connectivity index (χ1) is 15.9. The van der Waals surface area contributed by atoms with Gasteiger partial charge in [0.15, 0.2) is 0 Å². The molecule has 0 spiro atoms. The number of allylic oxidation sites excluding steroid dienone is 2. The summed E-state index contributed by atoms with van der Waals surface area (Å²) in [4.78, 5) is 16.3. The van der Waals surface area contributed by atoms with Crippen LogP contribution < -0.4 is 4.80 Å². The maximum Gasteiger partial charge on any atom is 0.269 e. The smallest absolute Gasteiger partial charge is 0.258 e. The van der Waals surface area contributed by atoms with Gasteiger partial charge in [0.2, 0.25) is 4.80 Å². The standard InChI is InChI=1S/C26H26N4O2S/c1-26(2)21-11-8-20(23(26)14-21)16-28-29-24(19-9-12-22(13-10-19)30(31)32)17-33-25(29)27-15-18-6-4-3-5-7-18/h3-10,12-13,16-17,21,23H,11,14-15H2,1-2H3. The second-order valence-corrected chi connectivity index (χ2v) is 10.1. The van der Waals surface area contributed by atoms with Crippen molar-refractivity contribution in [3.63, 3.8) is 0 Å². The molecule has 1 saturated carbocycles. The summed E-state index contributed by atoms with van der Waals surface area (Å²) in [6.45, 7) is 5.28. The van der Waals surface area contributed by atoms with Crippen LogP contribution in [-0.2, 0) is 6.54 Å². The van der Waals surface area contributed by atoms with Gasteiger partial charge >= 0.3 is 0 Å². The number of nitrogens with zero attached hydrogens (tertiary/aromatic N) is 4. The molecule has 1 fully saturated rings. The van der Waals surface area contributed by atoms with Crippen molar-refractivity contribution in [1.29, 1.82) is 0 Å². The molecule has 3 aliphatic rings. The first-order valence-corrected chi connectivity index (χ1v) is 12.1. The molecule has 0 aliphatic heterocycles. The Balaban J connectivity index is 1.52. The van der Waals surface area contributed by atoms with Crippen LogP contribution in [-0.4, -0.2) is 15.8 Å². The van der Waals surface area contributed by atoms with Crippen LogP contribution in [0.3, 0.4) is 0 Å². The summed E-state index contributed by atoms with van der Waals surface area (Å²) in [5, 5.41) is 18.0. The van der Waals surface area contributed by atoms with Crippen molar-refractivity contribution in [3.05, 3.63) is 92.1 Å². The van der Waals surface area contributed by atoms with Crippen LogP contribution in [0.1, 0.15) is 32.3 Å². The lowest BCUT2D eigenvalue weighted by Crippen LogP contribution is -2.48. The molecule has 2 aromatic carbocycles. The predicted molar refractivity (Wildman–Crippen MR) is 132 cm³/mol. The molecule has 2 unspecified atom stereocenters. The highest BCUT2D eigenvalue weighted by atomic mass is 32.1. The molecule has 7 heteroatoms. The predicted octanol–water partition coefficient (Wildman–Crippen LogP) is 6.05. The molecule has 3 aliphatic carbocycles. The maximum atomic E-state index is 11.1. The second kappa shape index (κ2) is 8.56. The molecule has 1 aromatic heterocycles. The summed E-state index contributed by atoms with van der Waals surface area (Å²) >= 11 is 1.53. The van der Waals surface area contributed by atoms with E-state index in [1.165, 1.54) is 35.5 Å². The topological polar surface area (TPSA) is 72.8 Å². The maximum absolute atomic E-state index is 11.1. The minimum Gasteiger partial charge on any atom is -0.258 e. The van der Waals surface area contributed by atoms with Crippen LogP contribution in [0.5, 0.6) is 0 Å². The number of rotatable bonds is 6. The number of non-ortho nitro benzene ring substituents is 1. The van der Waals surface area contributed by atoms with Crippen molar-refractivity contribution in [3.8, 4) is 11.3 Å². The fourth-order valence-electron chi connectivity index (χ4n) is 4.88. The van der Waals surface area contributed by atoms with Gasteiger partial charge in [0.05, 0.1) is 23.4 Å². The van der Waals surface area contributed by atoms with Gasteiger partial charge < -0.3 is 0 Å². The summed E-state index contributed by atoms with van der Waals surface area (Å²) in [7, 11) is 0. The fourth-order valence-corrected chi connectivity index (χ4v) is 5.72. The Morgan fingerprint density at radius 3 is 2.61 bits per heavy atom. The summed E-state index contributed by atoms with van der Waals surface area (Å²) in [6, 6.07) is 16.7. The molecule has 2 bridgehead atoms. The Kier molecular flexibility index (Phi) is 5.58. The van der Waals surface area contributed by atoms with E-state index < -0.39 is 0 Å². The van der Waals surface area contributed by atoms with E-state index in [1.54, 1.807) is 12.1 Å². The van der Waals surface area contributed by atoms with E-state index in [0.29, 0.717) is 17.9 Å². The van der Waals surface area contributed by atoms with Gasteiger partial charge in [-0.2, -0.15) is 5.10 Å². The Morgan fingerprint density at radius 2 is 1.94 bits per heavy atom. The largest absolute Gasteiger partial charge is 0.269 e. The zero-order valence-corrected chi connectivity index (χ0v) is 19.5. The lowest BCUT2D eigenvalue weighted by atomic mass is 9.49. The Hall–Kier alpha value is -3.32. The quantitative estimate of drug-likeness (QED) is 0.256. The van der Waals surface area contributed by atoms with Gasteiger partial charge in [0.25, 0.3) is 5.69 Å². The second-order valence-electron chi connectivity index (χ2n) is 9.31. The number of aromatic nitrogens is 1. The van der Waals surface area contributed by atoms with Gasteiger partial charge in [-0.3, -0.25) is 15.1 Å². The number of nitro groups is 1. The van der Waals surface area contributed by atoms with E-state index in [1.807, 2.05) is 34.5 Å². The van der Waals surface area contributed by atoms with Gasteiger partial charge in [0.1, 0.15) is 0 Å². The van der Waals surface area contributed by atoms with Gasteiger partial charge in [-0.1, -0.05) is 50.3 Å². The first kappa shape index (κ1) is 21.5. The van der Waals surface area contributed by atoms with Crippen LogP contribution >= 0.6 is 11.3 Å². The number of thiazole rings is 1. The average Bonchev–Trinajstić information content (AvgIpc) is 3.24.